The van der Waals surface area contributed by atoms with Gasteiger partial charge >= 0.3 is 5.97 Å². The Balaban J connectivity index is 2.36. The Morgan fingerprint density at radius 1 is 1.39 bits per heavy atom. The van der Waals surface area contributed by atoms with Crippen LogP contribution in [0, 0.1) is 0 Å². The third kappa shape index (κ3) is 6.32. The maximum absolute atomic E-state index is 11.8. The first-order valence-corrected chi connectivity index (χ1v) is 8.05. The monoisotopic (exact) mass is 278 g/mol. The molecule has 1 rings (SSSR count). The van der Waals surface area contributed by atoms with Crippen molar-refractivity contribution in [2.45, 2.75) is 38.6 Å². The van der Waals surface area contributed by atoms with Crippen molar-refractivity contribution in [2.75, 3.05) is 25.4 Å². The molecule has 0 bridgehead atoms. The van der Waals surface area contributed by atoms with Gasteiger partial charge in [-0.2, -0.15) is 0 Å². The SMILES string of the molecule is CCOC(=O)CCS(=O)(=O)NC1CCCNCC1. The molecule has 106 valence electrons. The van der Waals surface area contributed by atoms with E-state index in [2.05, 4.69) is 10.0 Å². The minimum Gasteiger partial charge on any atom is -0.466 e. The van der Waals surface area contributed by atoms with Crippen LogP contribution in [0.1, 0.15) is 32.6 Å². The van der Waals surface area contributed by atoms with Gasteiger partial charge in [-0.25, -0.2) is 13.1 Å². The first-order chi connectivity index (χ1) is 8.53. The fourth-order valence-electron chi connectivity index (χ4n) is 1.90. The van der Waals surface area contributed by atoms with Crippen LogP contribution >= 0.6 is 0 Å². The van der Waals surface area contributed by atoms with Crippen molar-refractivity contribution in [2.24, 2.45) is 0 Å². The highest BCUT2D eigenvalue weighted by molar-refractivity contribution is 7.89. The lowest BCUT2D eigenvalue weighted by Crippen LogP contribution is -2.37. The van der Waals surface area contributed by atoms with Crippen LogP contribution in [-0.2, 0) is 19.6 Å². The first-order valence-electron chi connectivity index (χ1n) is 6.40. The van der Waals surface area contributed by atoms with E-state index in [0.717, 1.165) is 32.4 Å². The Kier molecular flexibility index (Phi) is 6.59. The normalized spacial score (nSPS) is 21.3. The van der Waals surface area contributed by atoms with Crippen molar-refractivity contribution in [3.63, 3.8) is 0 Å². The van der Waals surface area contributed by atoms with E-state index >= 15 is 0 Å². The maximum Gasteiger partial charge on any atom is 0.306 e. The highest BCUT2D eigenvalue weighted by Gasteiger charge is 2.20. The van der Waals surface area contributed by atoms with E-state index in [0.29, 0.717) is 0 Å². The Morgan fingerprint density at radius 2 is 2.17 bits per heavy atom. The first kappa shape index (κ1) is 15.4. The Hall–Kier alpha value is -0.660. The van der Waals surface area contributed by atoms with E-state index in [1.807, 2.05) is 0 Å². The molecule has 0 aromatic carbocycles. The predicted molar refractivity (Wildman–Crippen MR) is 68.7 cm³/mol. The van der Waals surface area contributed by atoms with Gasteiger partial charge in [-0.1, -0.05) is 0 Å². The summed E-state index contributed by atoms with van der Waals surface area (Å²) in [5, 5.41) is 3.22. The molecule has 0 aromatic rings. The Morgan fingerprint density at radius 3 is 2.89 bits per heavy atom. The second-order valence-electron chi connectivity index (χ2n) is 4.37. The number of hydrogen-bond donors (Lipinski definition) is 2. The zero-order chi connectivity index (χ0) is 13.4. The molecule has 7 heteroatoms. The summed E-state index contributed by atoms with van der Waals surface area (Å²) in [6.45, 7) is 3.73. The van der Waals surface area contributed by atoms with Crippen LogP contribution < -0.4 is 10.0 Å². The summed E-state index contributed by atoms with van der Waals surface area (Å²) >= 11 is 0. The van der Waals surface area contributed by atoms with Gasteiger partial charge < -0.3 is 10.1 Å². The molecule has 0 aromatic heterocycles. The molecule has 18 heavy (non-hydrogen) atoms. The minimum atomic E-state index is -3.39. The van der Waals surface area contributed by atoms with Crippen LogP contribution in [0.3, 0.4) is 0 Å². The molecule has 0 radical (unpaired) electrons. The molecule has 1 unspecified atom stereocenters. The van der Waals surface area contributed by atoms with Gasteiger partial charge in [0, 0.05) is 6.04 Å². The molecule has 0 amide bonds. The van der Waals surface area contributed by atoms with Gasteiger partial charge in [0.2, 0.25) is 10.0 Å². The molecule has 1 fully saturated rings. The molecule has 2 N–H and O–H groups in total. The maximum atomic E-state index is 11.8. The van der Waals surface area contributed by atoms with E-state index in [-0.39, 0.29) is 24.8 Å². The summed E-state index contributed by atoms with van der Waals surface area (Å²) in [6, 6.07) is -0.0211. The number of ether oxygens (including phenoxy) is 1. The van der Waals surface area contributed by atoms with Crippen LogP contribution in [0.15, 0.2) is 0 Å². The third-order valence-corrected chi connectivity index (χ3v) is 4.24. The summed E-state index contributed by atoms with van der Waals surface area (Å²) in [5.41, 5.74) is 0. The lowest BCUT2D eigenvalue weighted by atomic mass is 10.1. The van der Waals surface area contributed by atoms with E-state index in [1.54, 1.807) is 6.92 Å². The molecular weight excluding hydrogens is 256 g/mol. The lowest BCUT2D eigenvalue weighted by molar-refractivity contribution is -0.142. The number of hydrogen-bond acceptors (Lipinski definition) is 5. The number of carbonyl (C=O) groups excluding carboxylic acids is 1. The molecule has 0 aliphatic carbocycles. The number of carbonyl (C=O) groups is 1. The van der Waals surface area contributed by atoms with E-state index < -0.39 is 16.0 Å². The summed E-state index contributed by atoms with van der Waals surface area (Å²) in [4.78, 5) is 11.1. The van der Waals surface area contributed by atoms with Crippen LogP contribution in [-0.4, -0.2) is 45.9 Å². The lowest BCUT2D eigenvalue weighted by Gasteiger charge is -2.15. The van der Waals surface area contributed by atoms with Gasteiger partial charge in [-0.3, -0.25) is 4.79 Å². The smallest absolute Gasteiger partial charge is 0.306 e. The quantitative estimate of drug-likeness (QED) is 0.668. The van der Waals surface area contributed by atoms with Crippen molar-refractivity contribution < 1.29 is 17.9 Å². The molecule has 1 saturated heterocycles. The molecule has 1 aliphatic rings. The van der Waals surface area contributed by atoms with Gasteiger partial charge in [-0.05, 0) is 39.3 Å². The van der Waals surface area contributed by atoms with E-state index in [9.17, 15) is 13.2 Å². The van der Waals surface area contributed by atoms with Crippen molar-refractivity contribution in [1.82, 2.24) is 10.0 Å². The van der Waals surface area contributed by atoms with Gasteiger partial charge in [-0.15, -0.1) is 0 Å². The van der Waals surface area contributed by atoms with Crippen molar-refractivity contribution >= 4 is 16.0 Å². The van der Waals surface area contributed by atoms with Crippen LogP contribution in [0.25, 0.3) is 0 Å². The highest BCUT2D eigenvalue weighted by Crippen LogP contribution is 2.07. The minimum absolute atomic E-state index is 0.0211. The van der Waals surface area contributed by atoms with Crippen molar-refractivity contribution in [3.8, 4) is 0 Å². The molecule has 6 nitrogen and oxygen atoms in total. The number of nitrogens with one attached hydrogen (secondary N) is 2. The Labute approximate surface area is 109 Å². The Bertz CT molecular complexity index is 348. The number of rotatable bonds is 6. The second kappa shape index (κ2) is 7.70. The molecule has 1 heterocycles. The van der Waals surface area contributed by atoms with Crippen LogP contribution in [0.5, 0.6) is 0 Å². The molecule has 1 aliphatic heterocycles. The topological polar surface area (TPSA) is 84.5 Å². The fraction of sp³-hybridized carbons (Fsp3) is 0.909. The van der Waals surface area contributed by atoms with Crippen LogP contribution in [0.4, 0.5) is 0 Å². The predicted octanol–water partition coefficient (Wildman–Crippen LogP) is 0.00110. The van der Waals surface area contributed by atoms with Gasteiger partial charge in [0.1, 0.15) is 0 Å². The average Bonchev–Trinajstić information content (AvgIpc) is 2.55. The number of esters is 1. The van der Waals surface area contributed by atoms with E-state index in [4.69, 9.17) is 4.74 Å². The summed E-state index contributed by atoms with van der Waals surface area (Å²) in [6.07, 6.45) is 2.50. The van der Waals surface area contributed by atoms with Crippen molar-refractivity contribution in [1.29, 1.82) is 0 Å². The van der Waals surface area contributed by atoms with Gasteiger partial charge in [0.15, 0.2) is 0 Å². The standard InChI is InChI=1S/C11H22N2O4S/c1-2-17-11(14)6-9-18(15,16)13-10-4-3-7-12-8-5-10/h10,12-13H,2-9H2,1H3. The average molecular weight is 278 g/mol. The zero-order valence-electron chi connectivity index (χ0n) is 10.8. The number of sulfonamides is 1. The zero-order valence-corrected chi connectivity index (χ0v) is 11.6. The highest BCUT2D eigenvalue weighted by atomic mass is 32.2. The molecule has 1 atom stereocenters. The van der Waals surface area contributed by atoms with Crippen LogP contribution in [0.2, 0.25) is 0 Å². The van der Waals surface area contributed by atoms with Crippen molar-refractivity contribution in [3.05, 3.63) is 0 Å². The molecule has 0 saturated carbocycles. The van der Waals surface area contributed by atoms with Gasteiger partial charge in [0.25, 0.3) is 0 Å². The molecule has 0 spiro atoms. The summed E-state index contributed by atoms with van der Waals surface area (Å²) in [5.74, 6) is -0.666. The molecular formula is C11H22N2O4S. The third-order valence-electron chi connectivity index (χ3n) is 2.80. The summed E-state index contributed by atoms with van der Waals surface area (Å²) in [7, 11) is -3.39. The second-order valence-corrected chi connectivity index (χ2v) is 6.24. The summed E-state index contributed by atoms with van der Waals surface area (Å²) < 4.78 is 30.9. The van der Waals surface area contributed by atoms with E-state index in [1.165, 1.54) is 0 Å². The van der Waals surface area contributed by atoms with Gasteiger partial charge in [0.05, 0.1) is 18.8 Å². The fourth-order valence-corrected chi connectivity index (χ4v) is 3.20. The largest absolute Gasteiger partial charge is 0.466 e.